The number of anilines is 2. The molecule has 0 atom stereocenters. The molecule has 0 saturated carbocycles. The van der Waals surface area contributed by atoms with Crippen molar-refractivity contribution in [3.05, 3.63) is 94.5 Å². The van der Waals surface area contributed by atoms with Crippen LogP contribution in [0.3, 0.4) is 0 Å². The van der Waals surface area contributed by atoms with Gasteiger partial charge in [-0.3, -0.25) is 9.10 Å². The molecule has 0 heterocycles. The first-order chi connectivity index (χ1) is 15.2. The first-order valence-corrected chi connectivity index (χ1v) is 11.7. The third-order valence-corrected chi connectivity index (χ3v) is 5.96. The Balaban J connectivity index is 1.75. The van der Waals surface area contributed by atoms with Crippen molar-refractivity contribution in [1.29, 1.82) is 0 Å². The van der Waals surface area contributed by atoms with E-state index in [1.165, 1.54) is 17.5 Å². The SMILES string of the molecule is COC(=O)c1cccc(NC(=O)c2ccc(CN(c3cccc(Cl)c3)S(C)(=O)=O)cc2)c1. The van der Waals surface area contributed by atoms with Gasteiger partial charge >= 0.3 is 5.97 Å². The van der Waals surface area contributed by atoms with Gasteiger partial charge in [0.2, 0.25) is 10.0 Å². The van der Waals surface area contributed by atoms with Crippen molar-refractivity contribution in [3.63, 3.8) is 0 Å². The topological polar surface area (TPSA) is 92.8 Å². The van der Waals surface area contributed by atoms with Crippen molar-refractivity contribution in [2.75, 3.05) is 23.0 Å². The molecule has 0 unspecified atom stereocenters. The second-order valence-corrected chi connectivity index (χ2v) is 9.32. The average molecular weight is 473 g/mol. The summed E-state index contributed by atoms with van der Waals surface area (Å²) < 4.78 is 30.5. The highest BCUT2D eigenvalue weighted by Gasteiger charge is 2.18. The molecule has 1 N–H and O–H groups in total. The predicted molar refractivity (Wildman–Crippen MR) is 125 cm³/mol. The van der Waals surface area contributed by atoms with E-state index in [-0.39, 0.29) is 12.5 Å². The average Bonchev–Trinajstić information content (AvgIpc) is 2.76. The van der Waals surface area contributed by atoms with Crippen molar-refractivity contribution in [1.82, 2.24) is 0 Å². The third-order valence-electron chi connectivity index (χ3n) is 4.58. The van der Waals surface area contributed by atoms with Crippen LogP contribution < -0.4 is 9.62 Å². The Labute approximate surface area is 191 Å². The van der Waals surface area contributed by atoms with Crippen molar-refractivity contribution < 1.29 is 22.7 Å². The molecule has 9 heteroatoms. The second-order valence-electron chi connectivity index (χ2n) is 6.97. The number of sulfonamides is 1. The summed E-state index contributed by atoms with van der Waals surface area (Å²) >= 11 is 6.01. The minimum Gasteiger partial charge on any atom is -0.465 e. The fourth-order valence-corrected chi connectivity index (χ4v) is 4.07. The van der Waals surface area contributed by atoms with Crippen LogP contribution in [-0.4, -0.2) is 33.7 Å². The Morgan fingerprint density at radius 3 is 2.28 bits per heavy atom. The van der Waals surface area contributed by atoms with Crippen LogP contribution >= 0.6 is 11.6 Å². The highest BCUT2D eigenvalue weighted by Crippen LogP contribution is 2.24. The van der Waals surface area contributed by atoms with E-state index in [9.17, 15) is 18.0 Å². The van der Waals surface area contributed by atoms with Gasteiger partial charge in [-0.05, 0) is 54.1 Å². The van der Waals surface area contributed by atoms with Crippen LogP contribution in [-0.2, 0) is 21.3 Å². The first-order valence-electron chi connectivity index (χ1n) is 9.49. The Hall–Kier alpha value is -3.36. The number of nitrogens with zero attached hydrogens (tertiary/aromatic N) is 1. The monoisotopic (exact) mass is 472 g/mol. The van der Waals surface area contributed by atoms with Crippen LogP contribution in [0.15, 0.2) is 72.8 Å². The smallest absolute Gasteiger partial charge is 0.337 e. The molecule has 0 aliphatic rings. The summed E-state index contributed by atoms with van der Waals surface area (Å²) in [5, 5.41) is 3.16. The highest BCUT2D eigenvalue weighted by atomic mass is 35.5. The molecule has 0 bridgehead atoms. The maximum Gasteiger partial charge on any atom is 0.337 e. The van der Waals surface area contributed by atoms with Gasteiger partial charge in [-0.25, -0.2) is 13.2 Å². The maximum absolute atomic E-state index is 12.6. The van der Waals surface area contributed by atoms with Gasteiger partial charge < -0.3 is 10.1 Å². The number of rotatable bonds is 7. The molecule has 0 spiro atoms. The number of hydrogen-bond acceptors (Lipinski definition) is 5. The largest absolute Gasteiger partial charge is 0.465 e. The minimum atomic E-state index is -3.56. The third kappa shape index (κ3) is 5.87. The number of carbonyl (C=O) groups is 2. The van der Waals surface area contributed by atoms with Crippen LogP contribution in [0.5, 0.6) is 0 Å². The van der Waals surface area contributed by atoms with Gasteiger partial charge in [-0.15, -0.1) is 0 Å². The van der Waals surface area contributed by atoms with Gasteiger partial charge in [0.05, 0.1) is 31.2 Å². The number of nitrogens with one attached hydrogen (secondary N) is 1. The molecule has 1 amide bonds. The van der Waals surface area contributed by atoms with Gasteiger partial charge in [0.1, 0.15) is 0 Å². The predicted octanol–water partition coefficient (Wildman–Crippen LogP) is 4.35. The number of benzene rings is 3. The summed E-state index contributed by atoms with van der Waals surface area (Å²) in [4.78, 5) is 24.2. The van der Waals surface area contributed by atoms with E-state index in [1.54, 1.807) is 66.7 Å². The summed E-state index contributed by atoms with van der Waals surface area (Å²) in [6, 6.07) is 19.6. The normalized spacial score (nSPS) is 11.0. The Kier molecular flexibility index (Phi) is 7.17. The van der Waals surface area contributed by atoms with Crippen molar-refractivity contribution in [2.24, 2.45) is 0 Å². The molecule has 3 aromatic rings. The number of amides is 1. The lowest BCUT2D eigenvalue weighted by molar-refractivity contribution is 0.0600. The zero-order valence-electron chi connectivity index (χ0n) is 17.4. The molecule has 0 aliphatic heterocycles. The molecular formula is C23H21ClN2O5S. The van der Waals surface area contributed by atoms with Crippen molar-refractivity contribution in [3.8, 4) is 0 Å². The molecule has 0 aromatic heterocycles. The van der Waals surface area contributed by atoms with Crippen LogP contribution in [0.1, 0.15) is 26.3 Å². The number of esters is 1. The number of carbonyl (C=O) groups excluding carboxylic acids is 2. The van der Waals surface area contributed by atoms with E-state index in [1.807, 2.05) is 0 Å². The lowest BCUT2D eigenvalue weighted by Crippen LogP contribution is -2.29. The Morgan fingerprint density at radius 1 is 0.969 bits per heavy atom. The van der Waals surface area contributed by atoms with Gasteiger partial charge in [0.25, 0.3) is 5.91 Å². The van der Waals surface area contributed by atoms with E-state index in [0.717, 1.165) is 6.26 Å². The molecule has 0 fully saturated rings. The van der Waals surface area contributed by atoms with Crippen molar-refractivity contribution in [2.45, 2.75) is 6.54 Å². The number of ether oxygens (including phenoxy) is 1. The molecule has 0 radical (unpaired) electrons. The molecular weight excluding hydrogens is 452 g/mol. The van der Waals surface area contributed by atoms with E-state index in [2.05, 4.69) is 10.1 Å². The van der Waals surface area contributed by atoms with Gasteiger partial charge in [0.15, 0.2) is 0 Å². The zero-order chi connectivity index (χ0) is 23.3. The fraction of sp³-hybridized carbons (Fsp3) is 0.130. The van der Waals surface area contributed by atoms with Crippen LogP contribution in [0, 0.1) is 0 Å². The fourth-order valence-electron chi connectivity index (χ4n) is 3.00. The van der Waals surface area contributed by atoms with Gasteiger partial charge in [-0.2, -0.15) is 0 Å². The Bertz CT molecular complexity index is 1240. The summed E-state index contributed by atoms with van der Waals surface area (Å²) in [6.45, 7) is 0.0856. The van der Waals surface area contributed by atoms with Crippen LogP contribution in [0.2, 0.25) is 5.02 Å². The maximum atomic E-state index is 12.6. The van der Waals surface area contributed by atoms with Crippen LogP contribution in [0.4, 0.5) is 11.4 Å². The molecule has 3 rings (SSSR count). The van der Waals surface area contributed by atoms with E-state index >= 15 is 0 Å². The molecule has 32 heavy (non-hydrogen) atoms. The molecule has 0 saturated heterocycles. The summed E-state index contributed by atoms with van der Waals surface area (Å²) in [5.74, 6) is -0.867. The molecule has 3 aromatic carbocycles. The van der Waals surface area contributed by atoms with E-state index in [0.29, 0.717) is 33.1 Å². The van der Waals surface area contributed by atoms with Crippen LogP contribution in [0.25, 0.3) is 0 Å². The molecule has 166 valence electrons. The standard InChI is InChI=1S/C23H21ClN2O5S/c1-31-23(28)18-5-3-7-20(13-18)25-22(27)17-11-9-16(10-12-17)15-26(32(2,29)30)21-8-4-6-19(24)14-21/h3-14H,15H2,1-2H3,(H,25,27). The minimum absolute atomic E-state index is 0.0856. The highest BCUT2D eigenvalue weighted by molar-refractivity contribution is 7.92. The van der Waals surface area contributed by atoms with E-state index in [4.69, 9.17) is 11.6 Å². The van der Waals surface area contributed by atoms with E-state index < -0.39 is 16.0 Å². The lowest BCUT2D eigenvalue weighted by Gasteiger charge is -2.22. The first kappa shape index (κ1) is 23.3. The summed E-state index contributed by atoms with van der Waals surface area (Å²) in [5.41, 5.74) is 2.30. The number of hydrogen-bond donors (Lipinski definition) is 1. The zero-order valence-corrected chi connectivity index (χ0v) is 19.0. The molecule has 0 aliphatic carbocycles. The van der Waals surface area contributed by atoms with Crippen molar-refractivity contribution >= 4 is 44.9 Å². The summed E-state index contributed by atoms with van der Waals surface area (Å²) in [6.07, 6.45) is 1.12. The molecule has 7 nitrogen and oxygen atoms in total. The Morgan fingerprint density at radius 2 is 1.66 bits per heavy atom. The van der Waals surface area contributed by atoms with Gasteiger partial charge in [0, 0.05) is 16.3 Å². The second kappa shape index (κ2) is 9.84. The quantitative estimate of drug-likeness (QED) is 0.516. The lowest BCUT2D eigenvalue weighted by atomic mass is 10.1. The number of halogens is 1. The number of methoxy groups -OCH3 is 1. The summed E-state index contributed by atoms with van der Waals surface area (Å²) in [7, 11) is -2.27. The van der Waals surface area contributed by atoms with Gasteiger partial charge in [-0.1, -0.05) is 35.9 Å².